The number of hydrogen-bond donors (Lipinski definition) is 4. The Morgan fingerprint density at radius 3 is 2.26 bits per heavy atom. The number of ether oxygens (including phenoxy) is 1. The highest BCUT2D eigenvalue weighted by Crippen LogP contribution is 2.11. The third-order valence-electron chi connectivity index (χ3n) is 4.29. The number of hydrazine groups is 1. The van der Waals surface area contributed by atoms with Gasteiger partial charge in [-0.3, -0.25) is 20.4 Å². The average molecular weight is 430 g/mol. The number of urea groups is 1. The van der Waals surface area contributed by atoms with Crippen LogP contribution in [0.15, 0.2) is 48.5 Å². The van der Waals surface area contributed by atoms with Crippen LogP contribution in [0.4, 0.5) is 9.18 Å². The van der Waals surface area contributed by atoms with Crippen molar-refractivity contribution in [1.29, 1.82) is 0 Å². The van der Waals surface area contributed by atoms with E-state index in [2.05, 4.69) is 21.5 Å². The molecule has 2 rings (SSSR count). The van der Waals surface area contributed by atoms with Crippen LogP contribution in [0.3, 0.4) is 0 Å². The summed E-state index contributed by atoms with van der Waals surface area (Å²) >= 11 is 0. The molecule has 0 saturated heterocycles. The summed E-state index contributed by atoms with van der Waals surface area (Å²) in [5.74, 6) is -0.757. The zero-order valence-corrected chi connectivity index (χ0v) is 17.5. The fourth-order valence-corrected chi connectivity index (χ4v) is 2.70. The van der Waals surface area contributed by atoms with Crippen LogP contribution in [-0.4, -0.2) is 30.5 Å². The van der Waals surface area contributed by atoms with E-state index < -0.39 is 23.9 Å². The van der Waals surface area contributed by atoms with Gasteiger partial charge in [-0.25, -0.2) is 9.18 Å². The van der Waals surface area contributed by atoms with Gasteiger partial charge in [-0.2, -0.15) is 0 Å². The van der Waals surface area contributed by atoms with Crippen molar-refractivity contribution in [2.24, 2.45) is 0 Å². The van der Waals surface area contributed by atoms with Gasteiger partial charge >= 0.3 is 6.03 Å². The minimum atomic E-state index is -0.834. The lowest BCUT2D eigenvalue weighted by Gasteiger charge is -2.18. The lowest BCUT2D eigenvalue weighted by Crippen LogP contribution is -2.54. The van der Waals surface area contributed by atoms with Gasteiger partial charge in [0.25, 0.3) is 11.8 Å². The number of amides is 4. The normalized spacial score (nSPS) is 11.2. The molecule has 0 aromatic heterocycles. The molecule has 0 aliphatic heterocycles. The van der Waals surface area contributed by atoms with Crippen LogP contribution in [0.2, 0.25) is 0 Å². The maximum atomic E-state index is 12.9. The largest absolute Gasteiger partial charge is 0.494 e. The zero-order valence-electron chi connectivity index (χ0n) is 17.5. The number of hydrogen-bond acceptors (Lipinski definition) is 4. The van der Waals surface area contributed by atoms with Crippen LogP contribution < -0.4 is 26.2 Å². The molecule has 1 atom stereocenters. The fourth-order valence-electron chi connectivity index (χ4n) is 2.70. The van der Waals surface area contributed by atoms with E-state index in [-0.39, 0.29) is 12.4 Å². The molecule has 166 valence electrons. The van der Waals surface area contributed by atoms with Crippen LogP contribution in [0.25, 0.3) is 0 Å². The molecule has 9 heteroatoms. The second kappa shape index (κ2) is 12.2. The van der Waals surface area contributed by atoms with Crippen molar-refractivity contribution in [3.05, 3.63) is 65.5 Å². The van der Waals surface area contributed by atoms with E-state index in [1.54, 1.807) is 36.4 Å². The quantitative estimate of drug-likeness (QED) is 0.459. The Bertz CT molecular complexity index is 872. The molecule has 0 saturated carbocycles. The maximum absolute atomic E-state index is 12.9. The van der Waals surface area contributed by atoms with Gasteiger partial charge in [0, 0.05) is 12.1 Å². The summed E-state index contributed by atoms with van der Waals surface area (Å²) in [4.78, 5) is 36.8. The Balaban J connectivity index is 1.83. The van der Waals surface area contributed by atoms with Crippen LogP contribution >= 0.6 is 0 Å². The van der Waals surface area contributed by atoms with Crippen LogP contribution in [0.1, 0.15) is 42.6 Å². The summed E-state index contributed by atoms with van der Waals surface area (Å²) in [6.45, 7) is 4.43. The number of rotatable bonds is 9. The molecule has 8 nitrogen and oxygen atoms in total. The van der Waals surface area contributed by atoms with Crippen molar-refractivity contribution in [2.45, 2.75) is 39.3 Å². The number of halogens is 1. The van der Waals surface area contributed by atoms with Gasteiger partial charge in [-0.1, -0.05) is 25.5 Å². The molecule has 31 heavy (non-hydrogen) atoms. The molecule has 2 aromatic rings. The van der Waals surface area contributed by atoms with Crippen molar-refractivity contribution < 1.29 is 23.5 Å². The van der Waals surface area contributed by atoms with Crippen molar-refractivity contribution in [1.82, 2.24) is 21.5 Å². The third kappa shape index (κ3) is 7.96. The van der Waals surface area contributed by atoms with Gasteiger partial charge in [-0.05, 0) is 55.3 Å². The molecular weight excluding hydrogens is 403 g/mol. The molecule has 4 amide bonds. The number of nitrogens with one attached hydrogen (secondary N) is 4. The van der Waals surface area contributed by atoms with Gasteiger partial charge in [0.2, 0.25) is 0 Å². The van der Waals surface area contributed by atoms with E-state index in [1.807, 2.05) is 13.8 Å². The summed E-state index contributed by atoms with van der Waals surface area (Å²) < 4.78 is 18.3. The average Bonchev–Trinajstić information content (AvgIpc) is 2.77. The van der Waals surface area contributed by atoms with Gasteiger partial charge in [0.1, 0.15) is 17.6 Å². The maximum Gasteiger partial charge on any atom is 0.315 e. The minimum absolute atomic E-state index is 0.182. The molecule has 0 bridgehead atoms. The van der Waals surface area contributed by atoms with Crippen molar-refractivity contribution in [2.75, 3.05) is 6.61 Å². The SMILES string of the molecule is CCCC(NC(=O)NCc1ccc(F)cc1)C(=O)NNC(=O)c1ccc(OCC)cc1. The van der Waals surface area contributed by atoms with Gasteiger partial charge in [0.15, 0.2) is 0 Å². The summed E-state index contributed by atoms with van der Waals surface area (Å²) in [6, 6.07) is 10.8. The third-order valence-corrected chi connectivity index (χ3v) is 4.29. The smallest absolute Gasteiger partial charge is 0.315 e. The van der Waals surface area contributed by atoms with Gasteiger partial charge in [0.05, 0.1) is 6.61 Å². The monoisotopic (exact) mass is 430 g/mol. The van der Waals surface area contributed by atoms with Gasteiger partial charge < -0.3 is 15.4 Å². The Labute approximate surface area is 180 Å². The highest BCUT2D eigenvalue weighted by atomic mass is 19.1. The van der Waals surface area contributed by atoms with E-state index in [4.69, 9.17) is 4.74 Å². The Hall–Kier alpha value is -3.62. The minimum Gasteiger partial charge on any atom is -0.494 e. The topological polar surface area (TPSA) is 109 Å². The highest BCUT2D eigenvalue weighted by molar-refractivity contribution is 5.96. The predicted octanol–water partition coefficient (Wildman–Crippen LogP) is 2.65. The van der Waals surface area contributed by atoms with Gasteiger partial charge in [-0.15, -0.1) is 0 Å². The lowest BCUT2D eigenvalue weighted by atomic mass is 10.1. The molecule has 1 unspecified atom stereocenters. The Morgan fingerprint density at radius 1 is 0.968 bits per heavy atom. The van der Waals surface area contributed by atoms with Crippen LogP contribution in [0, 0.1) is 5.82 Å². The highest BCUT2D eigenvalue weighted by Gasteiger charge is 2.20. The first kappa shape index (κ1) is 23.7. The molecular formula is C22H27FN4O4. The molecule has 0 heterocycles. The van der Waals surface area contributed by atoms with E-state index >= 15 is 0 Å². The van der Waals surface area contributed by atoms with Crippen LogP contribution in [-0.2, 0) is 11.3 Å². The fraction of sp³-hybridized carbons (Fsp3) is 0.318. The summed E-state index contributed by atoms with van der Waals surface area (Å²) in [7, 11) is 0. The lowest BCUT2D eigenvalue weighted by molar-refractivity contribution is -0.123. The zero-order chi connectivity index (χ0) is 22.6. The standard InChI is InChI=1S/C22H27FN4O4/c1-3-5-19(25-22(30)24-14-15-6-10-17(23)11-7-15)21(29)27-26-20(28)16-8-12-18(13-9-16)31-4-2/h6-13,19H,3-5,14H2,1-2H3,(H,26,28)(H,27,29)(H2,24,25,30). The second-order valence-corrected chi connectivity index (χ2v) is 6.70. The Kier molecular flexibility index (Phi) is 9.28. The van der Waals surface area contributed by atoms with E-state index in [9.17, 15) is 18.8 Å². The first-order valence-corrected chi connectivity index (χ1v) is 10.0. The Morgan fingerprint density at radius 2 is 1.65 bits per heavy atom. The molecule has 0 aliphatic rings. The summed E-state index contributed by atoms with van der Waals surface area (Å²) in [5, 5.41) is 5.20. The van der Waals surface area contributed by atoms with Crippen molar-refractivity contribution in [3.63, 3.8) is 0 Å². The summed E-state index contributed by atoms with van der Waals surface area (Å²) in [5.41, 5.74) is 5.74. The number of carbonyl (C=O) groups is 3. The molecule has 0 fully saturated rings. The first-order chi connectivity index (χ1) is 14.9. The molecule has 4 N–H and O–H groups in total. The van der Waals surface area contributed by atoms with E-state index in [1.165, 1.54) is 12.1 Å². The number of benzene rings is 2. The second-order valence-electron chi connectivity index (χ2n) is 6.70. The van der Waals surface area contributed by atoms with E-state index in [0.717, 1.165) is 5.56 Å². The molecule has 2 aromatic carbocycles. The van der Waals surface area contributed by atoms with Crippen molar-refractivity contribution >= 4 is 17.8 Å². The van der Waals surface area contributed by atoms with E-state index in [0.29, 0.717) is 30.8 Å². The molecule has 0 spiro atoms. The van der Waals surface area contributed by atoms with Crippen molar-refractivity contribution in [3.8, 4) is 5.75 Å². The molecule has 0 aliphatic carbocycles. The first-order valence-electron chi connectivity index (χ1n) is 10.0. The number of carbonyl (C=O) groups excluding carboxylic acids is 3. The predicted molar refractivity (Wildman–Crippen MR) is 114 cm³/mol. The summed E-state index contributed by atoms with van der Waals surface area (Å²) in [6.07, 6.45) is 1.03. The van der Waals surface area contributed by atoms with Crippen LogP contribution in [0.5, 0.6) is 5.75 Å². The molecule has 0 radical (unpaired) electrons.